The second-order valence-electron chi connectivity index (χ2n) is 7.19. The lowest BCUT2D eigenvalue weighted by Crippen LogP contribution is -2.29. The second-order valence-corrected chi connectivity index (χ2v) is 8.28. The largest absolute Gasteiger partial charge is 0.298 e. The van der Waals surface area contributed by atoms with E-state index in [0.29, 0.717) is 10.7 Å². The number of hydrogen-bond donors (Lipinski definition) is 1. The van der Waals surface area contributed by atoms with E-state index in [1.165, 1.54) is 4.88 Å². The molecule has 1 aliphatic heterocycles. The highest BCUT2D eigenvalue weighted by molar-refractivity contribution is 7.15. The highest BCUT2D eigenvalue weighted by Gasteiger charge is 2.22. The molecule has 4 heterocycles. The van der Waals surface area contributed by atoms with Gasteiger partial charge in [0.1, 0.15) is 0 Å². The Hall–Kier alpha value is -2.32. The standard InChI is InChI=1S/C19H24N6OS/c1-5-24-7-6-15-16(10-24)27-19(22-15)23-18(26)13-8-12(4)21-17-14(13)9-20-25(17)11(2)3/h8-9,11H,5-7,10H2,1-4H3,(H,22,23,26). The zero-order chi connectivity index (χ0) is 19.1. The molecule has 8 heteroatoms. The smallest absolute Gasteiger partial charge is 0.258 e. The third-order valence-corrected chi connectivity index (χ3v) is 5.90. The zero-order valence-corrected chi connectivity index (χ0v) is 16.9. The summed E-state index contributed by atoms with van der Waals surface area (Å²) in [5.74, 6) is -0.160. The summed E-state index contributed by atoms with van der Waals surface area (Å²) in [5, 5.41) is 8.84. The molecule has 142 valence electrons. The molecule has 0 atom stereocenters. The van der Waals surface area contributed by atoms with Crippen LogP contribution in [0.5, 0.6) is 0 Å². The monoisotopic (exact) mass is 384 g/mol. The molecule has 3 aromatic rings. The maximum Gasteiger partial charge on any atom is 0.258 e. The highest BCUT2D eigenvalue weighted by Crippen LogP contribution is 2.29. The molecular weight excluding hydrogens is 360 g/mol. The molecule has 7 nitrogen and oxygen atoms in total. The normalized spacial score (nSPS) is 14.7. The summed E-state index contributed by atoms with van der Waals surface area (Å²) in [5.41, 5.74) is 3.25. The van der Waals surface area contributed by atoms with Crippen LogP contribution in [0.2, 0.25) is 0 Å². The van der Waals surface area contributed by atoms with Crippen molar-refractivity contribution >= 4 is 33.4 Å². The molecule has 1 amide bonds. The van der Waals surface area contributed by atoms with E-state index >= 15 is 0 Å². The molecule has 0 radical (unpaired) electrons. The van der Waals surface area contributed by atoms with Gasteiger partial charge in [0.25, 0.3) is 5.91 Å². The number of rotatable bonds is 4. The van der Waals surface area contributed by atoms with E-state index in [4.69, 9.17) is 0 Å². The van der Waals surface area contributed by atoms with Crippen LogP contribution in [-0.2, 0) is 13.0 Å². The van der Waals surface area contributed by atoms with Crippen LogP contribution in [0, 0.1) is 6.92 Å². The second kappa shape index (κ2) is 7.01. The van der Waals surface area contributed by atoms with Crippen molar-refractivity contribution in [3.8, 4) is 0 Å². The number of amides is 1. The quantitative estimate of drug-likeness (QED) is 0.746. The van der Waals surface area contributed by atoms with Gasteiger partial charge in [-0.1, -0.05) is 6.92 Å². The van der Waals surface area contributed by atoms with Gasteiger partial charge >= 0.3 is 0 Å². The molecule has 0 saturated heterocycles. The number of anilines is 1. The van der Waals surface area contributed by atoms with Crippen molar-refractivity contribution in [2.75, 3.05) is 18.4 Å². The number of hydrogen-bond acceptors (Lipinski definition) is 6. The Labute approximate surface area is 162 Å². The summed E-state index contributed by atoms with van der Waals surface area (Å²) in [7, 11) is 0. The van der Waals surface area contributed by atoms with E-state index in [9.17, 15) is 4.79 Å². The first-order valence-corrected chi connectivity index (χ1v) is 10.1. The summed E-state index contributed by atoms with van der Waals surface area (Å²) >= 11 is 1.58. The maximum atomic E-state index is 13.0. The minimum Gasteiger partial charge on any atom is -0.298 e. The summed E-state index contributed by atoms with van der Waals surface area (Å²) in [6.07, 6.45) is 2.66. The van der Waals surface area contributed by atoms with Crippen LogP contribution in [0.15, 0.2) is 12.3 Å². The molecule has 0 spiro atoms. The van der Waals surface area contributed by atoms with E-state index < -0.39 is 0 Å². The number of nitrogens with one attached hydrogen (secondary N) is 1. The molecule has 0 aliphatic carbocycles. The number of aryl methyl sites for hydroxylation is 1. The van der Waals surface area contributed by atoms with Crippen LogP contribution in [0.4, 0.5) is 5.13 Å². The lowest BCUT2D eigenvalue weighted by atomic mass is 10.1. The first kappa shape index (κ1) is 18.1. The maximum absolute atomic E-state index is 13.0. The first-order chi connectivity index (χ1) is 13.0. The SMILES string of the molecule is CCN1CCc2nc(NC(=O)c3cc(C)nc4c3cnn4C(C)C)sc2C1. The van der Waals surface area contributed by atoms with Crippen LogP contribution in [0.1, 0.15) is 53.4 Å². The van der Waals surface area contributed by atoms with Crippen molar-refractivity contribution in [3.63, 3.8) is 0 Å². The summed E-state index contributed by atoms with van der Waals surface area (Å²) in [6.45, 7) is 11.1. The average molecular weight is 385 g/mol. The fraction of sp³-hybridized carbons (Fsp3) is 0.474. The predicted octanol–water partition coefficient (Wildman–Crippen LogP) is 3.41. The van der Waals surface area contributed by atoms with Crippen molar-refractivity contribution in [2.45, 2.75) is 46.7 Å². The van der Waals surface area contributed by atoms with Crippen molar-refractivity contribution in [1.29, 1.82) is 0 Å². The molecular formula is C19H24N6OS. The molecule has 0 bridgehead atoms. The van der Waals surface area contributed by atoms with Gasteiger partial charge in [0.2, 0.25) is 0 Å². The lowest BCUT2D eigenvalue weighted by molar-refractivity contribution is 0.102. The van der Waals surface area contributed by atoms with E-state index in [-0.39, 0.29) is 11.9 Å². The number of carbonyl (C=O) groups is 1. The fourth-order valence-corrected chi connectivity index (χ4v) is 4.49. The van der Waals surface area contributed by atoms with E-state index in [0.717, 1.165) is 48.5 Å². The van der Waals surface area contributed by atoms with Gasteiger partial charge in [-0.05, 0) is 33.4 Å². The Kier molecular flexibility index (Phi) is 4.69. The summed E-state index contributed by atoms with van der Waals surface area (Å²) < 4.78 is 1.85. The Morgan fingerprint density at radius 1 is 1.37 bits per heavy atom. The van der Waals surface area contributed by atoms with Crippen molar-refractivity contribution in [1.82, 2.24) is 24.6 Å². The minimum absolute atomic E-state index is 0.160. The molecule has 0 aromatic carbocycles. The van der Waals surface area contributed by atoms with Gasteiger partial charge in [-0.2, -0.15) is 5.10 Å². The number of aromatic nitrogens is 4. The molecule has 1 aliphatic rings. The topological polar surface area (TPSA) is 75.9 Å². The number of pyridine rings is 1. The summed E-state index contributed by atoms with van der Waals surface area (Å²) in [6, 6.07) is 2.00. The summed E-state index contributed by atoms with van der Waals surface area (Å²) in [4.78, 5) is 25.8. The van der Waals surface area contributed by atoms with Gasteiger partial charge in [0.05, 0.1) is 22.8 Å². The third kappa shape index (κ3) is 3.35. The van der Waals surface area contributed by atoms with Gasteiger partial charge in [-0.3, -0.25) is 15.0 Å². The van der Waals surface area contributed by atoms with E-state index in [1.54, 1.807) is 17.5 Å². The molecule has 0 unspecified atom stereocenters. The average Bonchev–Trinajstić information content (AvgIpc) is 3.23. The number of fused-ring (bicyclic) bond motifs is 2. The molecule has 1 N–H and O–H groups in total. The molecule has 3 aromatic heterocycles. The number of thiazole rings is 1. The Bertz CT molecular complexity index is 1010. The Morgan fingerprint density at radius 3 is 2.93 bits per heavy atom. The Morgan fingerprint density at radius 2 is 2.19 bits per heavy atom. The molecule has 0 saturated carbocycles. The fourth-order valence-electron chi connectivity index (χ4n) is 3.45. The highest BCUT2D eigenvalue weighted by atomic mass is 32.1. The van der Waals surface area contributed by atoms with Gasteiger partial charge < -0.3 is 0 Å². The Balaban J connectivity index is 1.63. The molecule has 4 rings (SSSR count). The van der Waals surface area contributed by atoms with Crippen LogP contribution < -0.4 is 5.32 Å². The van der Waals surface area contributed by atoms with Crippen molar-refractivity contribution in [3.05, 3.63) is 34.1 Å². The van der Waals surface area contributed by atoms with Gasteiger partial charge in [0.15, 0.2) is 10.8 Å². The minimum atomic E-state index is -0.160. The predicted molar refractivity (Wildman–Crippen MR) is 107 cm³/mol. The van der Waals surface area contributed by atoms with Crippen LogP contribution in [0.3, 0.4) is 0 Å². The van der Waals surface area contributed by atoms with Crippen LogP contribution in [0.25, 0.3) is 11.0 Å². The molecule has 0 fully saturated rings. The number of nitrogens with zero attached hydrogens (tertiary/aromatic N) is 5. The van der Waals surface area contributed by atoms with E-state index in [1.807, 2.05) is 17.7 Å². The van der Waals surface area contributed by atoms with E-state index in [2.05, 4.69) is 46.1 Å². The third-order valence-electron chi connectivity index (χ3n) is 4.91. The van der Waals surface area contributed by atoms with Gasteiger partial charge in [-0.15, -0.1) is 11.3 Å². The van der Waals surface area contributed by atoms with Crippen molar-refractivity contribution in [2.24, 2.45) is 0 Å². The van der Waals surface area contributed by atoms with Crippen molar-refractivity contribution < 1.29 is 4.79 Å². The number of carbonyl (C=O) groups excluding carboxylic acids is 1. The van der Waals surface area contributed by atoms with Gasteiger partial charge in [0, 0.05) is 36.1 Å². The lowest BCUT2D eigenvalue weighted by Gasteiger charge is -2.23. The van der Waals surface area contributed by atoms with Gasteiger partial charge in [-0.25, -0.2) is 14.6 Å². The number of likely N-dealkylation sites (N-methyl/N-ethyl adjacent to an activating group) is 1. The van der Waals surface area contributed by atoms with Crippen LogP contribution >= 0.6 is 11.3 Å². The first-order valence-electron chi connectivity index (χ1n) is 9.33. The van der Waals surface area contributed by atoms with Crippen LogP contribution in [-0.4, -0.2) is 43.6 Å². The zero-order valence-electron chi connectivity index (χ0n) is 16.1. The molecule has 27 heavy (non-hydrogen) atoms.